The first-order chi connectivity index (χ1) is 7.94. The number of rotatable bonds is 6. The third-order valence-corrected chi connectivity index (χ3v) is 2.77. The second-order valence-corrected chi connectivity index (χ2v) is 4.67. The topological polar surface area (TPSA) is 67.5 Å². The van der Waals surface area contributed by atoms with Gasteiger partial charge < -0.3 is 20.9 Å². The van der Waals surface area contributed by atoms with E-state index in [0.29, 0.717) is 19.6 Å². The Balaban J connectivity index is 2.57. The number of aryl methyl sites for hydroxylation is 1. The van der Waals surface area contributed by atoms with Crippen LogP contribution in [0.25, 0.3) is 0 Å². The van der Waals surface area contributed by atoms with E-state index in [1.165, 1.54) is 0 Å². The Morgan fingerprint density at radius 1 is 1.47 bits per heavy atom. The van der Waals surface area contributed by atoms with E-state index in [1.54, 1.807) is 14.0 Å². The van der Waals surface area contributed by atoms with Gasteiger partial charge in [0.1, 0.15) is 0 Å². The largest absolute Gasteiger partial charge is 0.399 e. The number of nitrogens with one attached hydrogen (secondary N) is 1. The zero-order valence-corrected chi connectivity index (χ0v) is 10.8. The van der Waals surface area contributed by atoms with Crippen LogP contribution in [0.2, 0.25) is 0 Å². The van der Waals surface area contributed by atoms with E-state index in [0.717, 1.165) is 16.9 Å². The van der Waals surface area contributed by atoms with Crippen molar-refractivity contribution < 1.29 is 9.84 Å². The van der Waals surface area contributed by atoms with Crippen molar-refractivity contribution in [3.8, 4) is 0 Å². The zero-order valence-electron chi connectivity index (χ0n) is 10.8. The molecule has 0 aliphatic rings. The number of hydrogen-bond donors (Lipinski definition) is 3. The number of nitrogen functional groups attached to an aromatic ring is 1. The summed E-state index contributed by atoms with van der Waals surface area (Å²) in [4.78, 5) is 0. The van der Waals surface area contributed by atoms with Crippen LogP contribution in [0.3, 0.4) is 0 Å². The molecule has 0 aliphatic heterocycles. The lowest BCUT2D eigenvalue weighted by Crippen LogP contribution is -2.34. The molecule has 0 aliphatic carbocycles. The summed E-state index contributed by atoms with van der Waals surface area (Å²) < 4.78 is 4.96. The number of nitrogens with two attached hydrogens (primary N) is 1. The Labute approximate surface area is 103 Å². The van der Waals surface area contributed by atoms with Crippen LogP contribution in [-0.2, 0) is 4.74 Å². The van der Waals surface area contributed by atoms with Gasteiger partial charge in [-0.3, -0.25) is 0 Å². The number of methoxy groups -OCH3 is 1. The van der Waals surface area contributed by atoms with Gasteiger partial charge in [0.2, 0.25) is 0 Å². The van der Waals surface area contributed by atoms with Gasteiger partial charge in [0.15, 0.2) is 0 Å². The fourth-order valence-corrected chi connectivity index (χ4v) is 1.53. The molecule has 4 heteroatoms. The van der Waals surface area contributed by atoms with E-state index >= 15 is 0 Å². The van der Waals surface area contributed by atoms with Crippen LogP contribution in [0, 0.1) is 6.92 Å². The van der Waals surface area contributed by atoms with Crippen LogP contribution >= 0.6 is 0 Å². The molecule has 0 spiro atoms. The second-order valence-electron chi connectivity index (χ2n) is 4.67. The monoisotopic (exact) mass is 238 g/mol. The maximum absolute atomic E-state index is 10.1. The first-order valence-corrected chi connectivity index (χ1v) is 5.76. The van der Waals surface area contributed by atoms with Gasteiger partial charge >= 0.3 is 0 Å². The van der Waals surface area contributed by atoms with Crippen LogP contribution in [0.1, 0.15) is 18.9 Å². The zero-order chi connectivity index (χ0) is 12.9. The lowest BCUT2D eigenvalue weighted by Gasteiger charge is -2.24. The maximum atomic E-state index is 10.1. The molecule has 0 fully saturated rings. The third-order valence-electron chi connectivity index (χ3n) is 2.77. The van der Waals surface area contributed by atoms with E-state index in [1.807, 2.05) is 25.1 Å². The minimum Gasteiger partial charge on any atom is -0.399 e. The standard InChI is InChI=1S/C13H22N2O2/c1-10-4-5-11(14)8-12(10)15-9-13(2,16)6-7-17-3/h4-5,8,15-16H,6-7,9,14H2,1-3H3. The van der Waals surface area contributed by atoms with Crippen molar-refractivity contribution in [2.75, 3.05) is 31.3 Å². The SMILES string of the molecule is COCCC(C)(O)CNc1cc(N)ccc1C. The van der Waals surface area contributed by atoms with Gasteiger partial charge in [-0.15, -0.1) is 0 Å². The highest BCUT2D eigenvalue weighted by Gasteiger charge is 2.19. The molecular weight excluding hydrogens is 216 g/mol. The summed E-state index contributed by atoms with van der Waals surface area (Å²) in [5.74, 6) is 0. The molecular formula is C13H22N2O2. The molecule has 0 saturated heterocycles. The molecule has 17 heavy (non-hydrogen) atoms. The van der Waals surface area contributed by atoms with Crippen molar-refractivity contribution in [1.82, 2.24) is 0 Å². The average molecular weight is 238 g/mol. The lowest BCUT2D eigenvalue weighted by atomic mass is 10.0. The van der Waals surface area contributed by atoms with E-state index in [9.17, 15) is 5.11 Å². The number of ether oxygens (including phenoxy) is 1. The molecule has 0 heterocycles. The summed E-state index contributed by atoms with van der Waals surface area (Å²) in [6, 6.07) is 5.70. The van der Waals surface area contributed by atoms with Crippen molar-refractivity contribution in [1.29, 1.82) is 0 Å². The number of hydrogen-bond acceptors (Lipinski definition) is 4. The fourth-order valence-electron chi connectivity index (χ4n) is 1.53. The number of benzene rings is 1. The third kappa shape index (κ3) is 4.63. The number of anilines is 2. The highest BCUT2D eigenvalue weighted by molar-refractivity contribution is 5.59. The van der Waals surface area contributed by atoms with Crippen LogP contribution in [0.5, 0.6) is 0 Å². The molecule has 4 nitrogen and oxygen atoms in total. The average Bonchev–Trinajstić information content (AvgIpc) is 2.28. The van der Waals surface area contributed by atoms with Gasteiger partial charge in [0.25, 0.3) is 0 Å². The van der Waals surface area contributed by atoms with E-state index in [4.69, 9.17) is 10.5 Å². The molecule has 1 atom stereocenters. The Bertz CT molecular complexity index is 364. The van der Waals surface area contributed by atoms with Gasteiger partial charge in [0, 0.05) is 38.1 Å². The highest BCUT2D eigenvalue weighted by atomic mass is 16.5. The summed E-state index contributed by atoms with van der Waals surface area (Å²) in [6.07, 6.45) is 0.595. The molecule has 96 valence electrons. The molecule has 1 unspecified atom stereocenters. The quantitative estimate of drug-likeness (QED) is 0.661. The van der Waals surface area contributed by atoms with Crippen LogP contribution < -0.4 is 11.1 Å². The highest BCUT2D eigenvalue weighted by Crippen LogP contribution is 2.19. The first-order valence-electron chi connectivity index (χ1n) is 5.76. The Morgan fingerprint density at radius 3 is 2.82 bits per heavy atom. The van der Waals surface area contributed by atoms with Crippen LogP contribution in [-0.4, -0.2) is 31.0 Å². The van der Waals surface area contributed by atoms with Gasteiger partial charge in [0.05, 0.1) is 5.60 Å². The first kappa shape index (κ1) is 13.8. The summed E-state index contributed by atoms with van der Waals surface area (Å²) in [5, 5.41) is 13.3. The molecule has 1 aromatic carbocycles. The summed E-state index contributed by atoms with van der Waals surface area (Å²) in [5.41, 5.74) is 7.73. The van der Waals surface area contributed by atoms with Crippen molar-refractivity contribution in [2.45, 2.75) is 25.9 Å². The Kier molecular flexibility index (Phi) is 4.78. The molecule has 1 aromatic rings. The second kappa shape index (κ2) is 5.89. The van der Waals surface area contributed by atoms with Gasteiger partial charge in [-0.25, -0.2) is 0 Å². The smallest absolute Gasteiger partial charge is 0.0813 e. The maximum Gasteiger partial charge on any atom is 0.0813 e. The summed E-state index contributed by atoms with van der Waals surface area (Å²) >= 11 is 0. The molecule has 4 N–H and O–H groups in total. The number of aliphatic hydroxyl groups is 1. The predicted molar refractivity (Wildman–Crippen MR) is 71.2 cm³/mol. The summed E-state index contributed by atoms with van der Waals surface area (Å²) in [6.45, 7) is 4.82. The van der Waals surface area contributed by atoms with E-state index in [-0.39, 0.29) is 0 Å². The Hall–Kier alpha value is -1.26. The lowest BCUT2D eigenvalue weighted by molar-refractivity contribution is 0.0357. The van der Waals surface area contributed by atoms with Crippen LogP contribution in [0.15, 0.2) is 18.2 Å². The minimum absolute atomic E-state index is 0.473. The van der Waals surface area contributed by atoms with Gasteiger partial charge in [-0.2, -0.15) is 0 Å². The van der Waals surface area contributed by atoms with E-state index < -0.39 is 5.60 Å². The predicted octanol–water partition coefficient (Wildman–Crippen LogP) is 1.78. The molecule has 1 rings (SSSR count). The van der Waals surface area contributed by atoms with Crippen molar-refractivity contribution in [3.05, 3.63) is 23.8 Å². The summed E-state index contributed by atoms with van der Waals surface area (Å²) in [7, 11) is 1.63. The van der Waals surface area contributed by atoms with Crippen molar-refractivity contribution in [2.24, 2.45) is 0 Å². The van der Waals surface area contributed by atoms with Crippen LogP contribution in [0.4, 0.5) is 11.4 Å². The molecule has 0 aromatic heterocycles. The molecule has 0 bridgehead atoms. The van der Waals surface area contributed by atoms with Crippen molar-refractivity contribution >= 4 is 11.4 Å². The molecule has 0 saturated carbocycles. The molecule has 0 radical (unpaired) electrons. The van der Waals surface area contributed by atoms with Gasteiger partial charge in [-0.1, -0.05) is 6.07 Å². The van der Waals surface area contributed by atoms with Gasteiger partial charge in [-0.05, 0) is 31.5 Å². The van der Waals surface area contributed by atoms with Crippen molar-refractivity contribution in [3.63, 3.8) is 0 Å². The Morgan fingerprint density at radius 2 is 2.18 bits per heavy atom. The molecule has 0 amide bonds. The minimum atomic E-state index is -0.785. The van der Waals surface area contributed by atoms with E-state index in [2.05, 4.69) is 5.32 Å². The fraction of sp³-hybridized carbons (Fsp3) is 0.538. The normalized spacial score (nSPS) is 14.4.